The fourth-order valence-corrected chi connectivity index (χ4v) is 2.67. The van der Waals surface area contributed by atoms with Crippen LogP contribution in [0.3, 0.4) is 0 Å². The first-order chi connectivity index (χ1) is 12.0. The normalized spacial score (nSPS) is 12.1. The maximum Gasteiger partial charge on any atom is 0.305 e. The number of rotatable bonds is 5. The largest absolute Gasteiger partial charge is 0.481 e. The molecule has 3 aromatic rings. The number of para-hydroxylation sites is 1. The van der Waals surface area contributed by atoms with E-state index in [9.17, 15) is 14.0 Å². The zero-order valence-electron chi connectivity index (χ0n) is 12.8. The van der Waals surface area contributed by atoms with E-state index in [1.54, 1.807) is 24.4 Å². The van der Waals surface area contributed by atoms with E-state index in [1.807, 2.05) is 0 Å². The third kappa shape index (κ3) is 3.61. The number of carboxylic acid groups (broad SMARTS) is 1. The Hall–Kier alpha value is -2.93. The van der Waals surface area contributed by atoms with E-state index < -0.39 is 30.2 Å². The Kier molecular flexibility index (Phi) is 4.67. The molecule has 3 rings (SSSR count). The summed E-state index contributed by atoms with van der Waals surface area (Å²) in [6.45, 7) is 0. The Bertz CT molecular complexity index is 957. The first-order valence-electron chi connectivity index (χ1n) is 7.35. The zero-order chi connectivity index (χ0) is 18.0. The summed E-state index contributed by atoms with van der Waals surface area (Å²) in [5.41, 5.74) is 1.17. The van der Waals surface area contributed by atoms with Crippen molar-refractivity contribution < 1.29 is 19.1 Å². The van der Waals surface area contributed by atoms with Gasteiger partial charge in [0.1, 0.15) is 5.82 Å². The van der Waals surface area contributed by atoms with Crippen LogP contribution in [0.25, 0.3) is 10.9 Å². The van der Waals surface area contributed by atoms with Crippen LogP contribution in [0, 0.1) is 5.82 Å². The molecule has 0 spiro atoms. The number of halogens is 2. The number of aromatic nitrogens is 2. The minimum atomic E-state index is -1.12. The number of carboxylic acids is 1. The number of fused-ring (bicyclic) bond motifs is 1. The third-order valence-electron chi connectivity index (χ3n) is 3.75. The fourth-order valence-electron chi connectivity index (χ4n) is 2.55. The average Bonchev–Trinajstić information content (AvgIpc) is 3.04. The van der Waals surface area contributed by atoms with Crippen molar-refractivity contribution >= 4 is 34.4 Å². The number of hydrogen-bond donors (Lipinski definition) is 3. The van der Waals surface area contributed by atoms with Gasteiger partial charge in [-0.05, 0) is 23.8 Å². The first kappa shape index (κ1) is 16.9. The van der Waals surface area contributed by atoms with Crippen molar-refractivity contribution in [2.24, 2.45) is 0 Å². The van der Waals surface area contributed by atoms with E-state index in [-0.39, 0.29) is 5.02 Å². The topological polar surface area (TPSA) is 95.1 Å². The summed E-state index contributed by atoms with van der Waals surface area (Å²) in [6, 6.07) is 8.09. The number of nitrogens with zero attached hydrogens (tertiary/aromatic N) is 1. The Balaban J connectivity index is 1.92. The van der Waals surface area contributed by atoms with Gasteiger partial charge < -0.3 is 10.4 Å². The Labute approximate surface area is 146 Å². The monoisotopic (exact) mass is 361 g/mol. The molecule has 2 aromatic carbocycles. The molecule has 0 aliphatic heterocycles. The van der Waals surface area contributed by atoms with Crippen LogP contribution in [0.1, 0.15) is 28.4 Å². The lowest BCUT2D eigenvalue weighted by Crippen LogP contribution is -2.30. The molecule has 1 amide bonds. The number of amides is 1. The molecule has 1 heterocycles. The summed E-state index contributed by atoms with van der Waals surface area (Å²) in [5.74, 6) is -2.30. The molecule has 0 aliphatic rings. The molecule has 25 heavy (non-hydrogen) atoms. The Morgan fingerprint density at radius 2 is 2.12 bits per heavy atom. The van der Waals surface area contributed by atoms with Crippen LogP contribution >= 0.6 is 11.6 Å². The summed E-state index contributed by atoms with van der Waals surface area (Å²) in [7, 11) is 0. The van der Waals surface area contributed by atoms with Crippen LogP contribution < -0.4 is 5.32 Å². The second kappa shape index (κ2) is 6.90. The SMILES string of the molecule is O=C(O)CC(NC(=O)c1cccc2cn[nH]c12)c1ccc(Cl)c(F)c1. The molecule has 0 saturated heterocycles. The van der Waals surface area contributed by atoms with Gasteiger partial charge in [0, 0.05) is 5.39 Å². The summed E-state index contributed by atoms with van der Waals surface area (Å²) < 4.78 is 13.7. The molecule has 0 bridgehead atoms. The van der Waals surface area contributed by atoms with Crippen LogP contribution in [0.2, 0.25) is 5.02 Å². The van der Waals surface area contributed by atoms with Gasteiger partial charge in [-0.1, -0.05) is 29.8 Å². The lowest BCUT2D eigenvalue weighted by atomic mass is 10.0. The van der Waals surface area contributed by atoms with Crippen molar-refractivity contribution in [3.8, 4) is 0 Å². The minimum Gasteiger partial charge on any atom is -0.481 e. The van der Waals surface area contributed by atoms with Gasteiger partial charge in [0.25, 0.3) is 5.91 Å². The summed E-state index contributed by atoms with van der Waals surface area (Å²) in [6.07, 6.45) is 1.18. The number of benzene rings is 2. The Morgan fingerprint density at radius 1 is 1.32 bits per heavy atom. The summed E-state index contributed by atoms with van der Waals surface area (Å²) >= 11 is 5.66. The molecule has 1 unspecified atom stereocenters. The molecule has 128 valence electrons. The Morgan fingerprint density at radius 3 is 2.84 bits per heavy atom. The summed E-state index contributed by atoms with van der Waals surface area (Å²) in [5, 5.41) is 19.0. The van der Waals surface area contributed by atoms with Crippen LogP contribution in [0.5, 0.6) is 0 Å². The number of aromatic amines is 1. The summed E-state index contributed by atoms with van der Waals surface area (Å²) in [4.78, 5) is 23.7. The highest BCUT2D eigenvalue weighted by molar-refractivity contribution is 6.30. The molecule has 1 atom stereocenters. The van der Waals surface area contributed by atoms with E-state index in [0.29, 0.717) is 16.6 Å². The molecule has 8 heteroatoms. The smallest absolute Gasteiger partial charge is 0.305 e. The predicted octanol–water partition coefficient (Wildman–Crippen LogP) is 3.30. The van der Waals surface area contributed by atoms with Gasteiger partial charge in [-0.2, -0.15) is 5.10 Å². The highest BCUT2D eigenvalue weighted by Crippen LogP contribution is 2.24. The molecule has 3 N–H and O–H groups in total. The van der Waals surface area contributed by atoms with Crippen molar-refractivity contribution in [1.82, 2.24) is 15.5 Å². The van der Waals surface area contributed by atoms with Gasteiger partial charge in [0.05, 0.1) is 34.8 Å². The van der Waals surface area contributed by atoms with E-state index in [0.717, 1.165) is 11.5 Å². The average molecular weight is 362 g/mol. The van der Waals surface area contributed by atoms with Crippen molar-refractivity contribution in [3.05, 3.63) is 64.6 Å². The number of H-pyrrole nitrogens is 1. The highest BCUT2D eigenvalue weighted by Gasteiger charge is 2.21. The number of carbonyl (C=O) groups is 2. The molecule has 0 radical (unpaired) electrons. The van der Waals surface area contributed by atoms with Gasteiger partial charge in [-0.15, -0.1) is 0 Å². The second-order valence-corrected chi connectivity index (χ2v) is 5.84. The third-order valence-corrected chi connectivity index (χ3v) is 4.06. The first-order valence-corrected chi connectivity index (χ1v) is 7.73. The number of nitrogens with one attached hydrogen (secondary N) is 2. The molecule has 0 saturated carbocycles. The van der Waals surface area contributed by atoms with Gasteiger partial charge in [-0.25, -0.2) is 4.39 Å². The van der Waals surface area contributed by atoms with Crippen LogP contribution in [0.4, 0.5) is 4.39 Å². The lowest BCUT2D eigenvalue weighted by molar-refractivity contribution is -0.137. The van der Waals surface area contributed by atoms with Gasteiger partial charge in [-0.3, -0.25) is 14.7 Å². The second-order valence-electron chi connectivity index (χ2n) is 5.44. The molecule has 0 aliphatic carbocycles. The van der Waals surface area contributed by atoms with E-state index >= 15 is 0 Å². The standard InChI is InChI=1S/C17H13ClFN3O3/c18-12-5-4-9(6-13(12)19)14(7-15(23)24)21-17(25)11-3-1-2-10-8-20-22-16(10)11/h1-6,8,14H,7H2,(H,20,22)(H,21,25)(H,23,24). The minimum absolute atomic E-state index is 0.0774. The van der Waals surface area contributed by atoms with Gasteiger partial charge in [0.2, 0.25) is 0 Å². The number of aliphatic carboxylic acids is 1. The number of carbonyl (C=O) groups excluding carboxylic acids is 1. The van der Waals surface area contributed by atoms with Crippen LogP contribution in [0.15, 0.2) is 42.6 Å². The maximum atomic E-state index is 13.7. The quantitative estimate of drug-likeness (QED) is 0.649. The number of hydrogen-bond acceptors (Lipinski definition) is 3. The zero-order valence-corrected chi connectivity index (χ0v) is 13.5. The highest BCUT2D eigenvalue weighted by atomic mass is 35.5. The predicted molar refractivity (Wildman–Crippen MR) is 90.0 cm³/mol. The van der Waals surface area contributed by atoms with E-state index in [1.165, 1.54) is 12.1 Å². The molecular formula is C17H13ClFN3O3. The molecule has 6 nitrogen and oxygen atoms in total. The molecular weight excluding hydrogens is 349 g/mol. The van der Waals surface area contributed by atoms with Crippen LogP contribution in [-0.2, 0) is 4.79 Å². The van der Waals surface area contributed by atoms with Crippen molar-refractivity contribution in [1.29, 1.82) is 0 Å². The van der Waals surface area contributed by atoms with Gasteiger partial charge >= 0.3 is 5.97 Å². The van der Waals surface area contributed by atoms with Crippen molar-refractivity contribution in [2.45, 2.75) is 12.5 Å². The maximum absolute atomic E-state index is 13.7. The molecule has 1 aromatic heterocycles. The van der Waals surface area contributed by atoms with Crippen molar-refractivity contribution in [3.63, 3.8) is 0 Å². The van der Waals surface area contributed by atoms with Crippen molar-refractivity contribution in [2.75, 3.05) is 0 Å². The lowest BCUT2D eigenvalue weighted by Gasteiger charge is -2.18. The van der Waals surface area contributed by atoms with E-state index in [4.69, 9.17) is 16.7 Å². The van der Waals surface area contributed by atoms with Gasteiger partial charge in [0.15, 0.2) is 0 Å². The van der Waals surface area contributed by atoms with E-state index in [2.05, 4.69) is 15.5 Å². The van der Waals surface area contributed by atoms with Crippen LogP contribution in [-0.4, -0.2) is 27.2 Å². The molecule has 0 fully saturated rings. The fraction of sp³-hybridized carbons (Fsp3) is 0.118.